The number of aromatic nitrogens is 1. The molecule has 0 unspecified atom stereocenters. The van der Waals surface area contributed by atoms with E-state index in [0.717, 1.165) is 22.8 Å². The maximum atomic E-state index is 5.72. The van der Waals surface area contributed by atoms with Gasteiger partial charge in [-0.05, 0) is 37.1 Å². The van der Waals surface area contributed by atoms with Crippen molar-refractivity contribution in [1.82, 2.24) is 4.98 Å². The number of rotatable bonds is 3. The van der Waals surface area contributed by atoms with Crippen molar-refractivity contribution in [2.45, 2.75) is 20.3 Å². The summed E-state index contributed by atoms with van der Waals surface area (Å²) in [5.41, 5.74) is 12.6. The van der Waals surface area contributed by atoms with E-state index in [1.165, 1.54) is 22.3 Å². The minimum absolute atomic E-state index is 0.800. The zero-order valence-electron chi connectivity index (χ0n) is 12.3. The molecule has 3 rings (SSSR count). The van der Waals surface area contributed by atoms with Gasteiger partial charge in [0.2, 0.25) is 0 Å². The number of nitrogen functional groups attached to an aromatic ring is 1. The van der Waals surface area contributed by atoms with E-state index in [1.807, 2.05) is 12.1 Å². The number of hydrogen-bond acceptors (Lipinski definition) is 3. The highest BCUT2D eigenvalue weighted by atomic mass is 32.1. The van der Waals surface area contributed by atoms with Crippen LogP contribution >= 0.6 is 11.3 Å². The molecule has 0 bridgehead atoms. The van der Waals surface area contributed by atoms with Gasteiger partial charge >= 0.3 is 0 Å². The predicted molar refractivity (Wildman–Crippen MR) is 90.7 cm³/mol. The average Bonchev–Trinajstić information content (AvgIpc) is 2.90. The van der Waals surface area contributed by atoms with E-state index in [1.54, 1.807) is 11.3 Å². The molecule has 0 saturated carbocycles. The third-order valence-electron chi connectivity index (χ3n) is 3.54. The topological polar surface area (TPSA) is 38.9 Å². The molecule has 3 heteroatoms. The molecular formula is C18H18N2S. The van der Waals surface area contributed by atoms with Gasteiger partial charge in [-0.3, -0.25) is 0 Å². The fraction of sp³-hybridized carbons (Fsp3) is 0.167. The van der Waals surface area contributed by atoms with Crippen molar-refractivity contribution in [3.05, 3.63) is 69.5 Å². The maximum absolute atomic E-state index is 5.72. The standard InChI is InChI=1S/C18H18N2S/c1-12-3-8-16(13(2)9-12)17-11-21-18(20-17)10-14-4-6-15(19)7-5-14/h3-9,11H,10,19H2,1-2H3. The summed E-state index contributed by atoms with van der Waals surface area (Å²) in [5.74, 6) is 0. The van der Waals surface area contributed by atoms with E-state index < -0.39 is 0 Å². The van der Waals surface area contributed by atoms with Crippen molar-refractivity contribution in [3.8, 4) is 11.3 Å². The molecule has 2 aromatic carbocycles. The summed E-state index contributed by atoms with van der Waals surface area (Å²) in [4.78, 5) is 4.78. The van der Waals surface area contributed by atoms with Crippen LogP contribution in [0, 0.1) is 13.8 Å². The van der Waals surface area contributed by atoms with Gasteiger partial charge in [0.25, 0.3) is 0 Å². The minimum atomic E-state index is 0.800. The Kier molecular flexibility index (Phi) is 3.76. The summed E-state index contributed by atoms with van der Waals surface area (Å²) in [6.45, 7) is 4.26. The van der Waals surface area contributed by atoms with Crippen LogP contribution in [0.15, 0.2) is 47.8 Å². The Hall–Kier alpha value is -2.13. The second kappa shape index (κ2) is 5.70. The molecule has 0 fully saturated rings. The van der Waals surface area contributed by atoms with Gasteiger partial charge in [0.15, 0.2) is 0 Å². The molecule has 21 heavy (non-hydrogen) atoms. The van der Waals surface area contributed by atoms with Crippen molar-refractivity contribution in [2.24, 2.45) is 0 Å². The van der Waals surface area contributed by atoms with Crippen molar-refractivity contribution in [1.29, 1.82) is 0 Å². The molecule has 3 aromatic rings. The summed E-state index contributed by atoms with van der Waals surface area (Å²) in [5, 5.41) is 3.28. The van der Waals surface area contributed by atoms with E-state index in [-0.39, 0.29) is 0 Å². The summed E-state index contributed by atoms with van der Waals surface area (Å²) >= 11 is 1.71. The fourth-order valence-corrected chi connectivity index (χ4v) is 3.26. The van der Waals surface area contributed by atoms with Gasteiger partial charge < -0.3 is 5.73 Å². The Balaban J connectivity index is 1.84. The number of aryl methyl sites for hydroxylation is 2. The van der Waals surface area contributed by atoms with Gasteiger partial charge in [0, 0.05) is 23.1 Å². The SMILES string of the molecule is Cc1ccc(-c2csc(Cc3ccc(N)cc3)n2)c(C)c1. The lowest BCUT2D eigenvalue weighted by Crippen LogP contribution is -1.90. The molecule has 0 atom stereocenters. The third kappa shape index (κ3) is 3.14. The Labute approximate surface area is 129 Å². The Bertz CT molecular complexity index is 757. The molecule has 2 nitrogen and oxygen atoms in total. The first kappa shape index (κ1) is 13.8. The number of nitrogens with zero attached hydrogens (tertiary/aromatic N) is 1. The second-order valence-electron chi connectivity index (χ2n) is 5.36. The maximum Gasteiger partial charge on any atom is 0.0976 e. The zero-order chi connectivity index (χ0) is 14.8. The monoisotopic (exact) mass is 294 g/mol. The highest BCUT2D eigenvalue weighted by Gasteiger charge is 2.08. The number of benzene rings is 2. The van der Waals surface area contributed by atoms with Gasteiger partial charge in [-0.25, -0.2) is 4.98 Å². The quantitative estimate of drug-likeness (QED) is 0.717. The lowest BCUT2D eigenvalue weighted by Gasteiger charge is -2.03. The Morgan fingerprint density at radius 3 is 2.52 bits per heavy atom. The predicted octanol–water partition coefficient (Wildman–Crippen LogP) is 4.60. The van der Waals surface area contributed by atoms with Gasteiger partial charge in [0.05, 0.1) is 10.7 Å². The minimum Gasteiger partial charge on any atom is -0.399 e. The van der Waals surface area contributed by atoms with Crippen LogP contribution in [0.4, 0.5) is 5.69 Å². The molecular weight excluding hydrogens is 276 g/mol. The highest BCUT2D eigenvalue weighted by Crippen LogP contribution is 2.27. The molecule has 2 N–H and O–H groups in total. The molecule has 0 spiro atoms. The van der Waals surface area contributed by atoms with Crippen LogP contribution in [-0.2, 0) is 6.42 Å². The van der Waals surface area contributed by atoms with Crippen LogP contribution in [0.2, 0.25) is 0 Å². The molecule has 0 radical (unpaired) electrons. The van der Waals surface area contributed by atoms with Gasteiger partial charge in [-0.2, -0.15) is 0 Å². The Morgan fingerprint density at radius 2 is 1.81 bits per heavy atom. The van der Waals surface area contributed by atoms with Crippen LogP contribution in [0.3, 0.4) is 0 Å². The summed E-state index contributed by atoms with van der Waals surface area (Å²) in [6, 6.07) is 14.5. The summed E-state index contributed by atoms with van der Waals surface area (Å²) in [6.07, 6.45) is 0.857. The van der Waals surface area contributed by atoms with Crippen molar-refractivity contribution in [2.75, 3.05) is 5.73 Å². The summed E-state index contributed by atoms with van der Waals surface area (Å²) in [7, 11) is 0. The number of hydrogen-bond donors (Lipinski definition) is 1. The van der Waals surface area contributed by atoms with Gasteiger partial charge in [-0.1, -0.05) is 35.9 Å². The molecule has 0 amide bonds. The van der Waals surface area contributed by atoms with E-state index in [2.05, 4.69) is 49.6 Å². The van der Waals surface area contributed by atoms with Crippen LogP contribution < -0.4 is 5.73 Å². The van der Waals surface area contributed by atoms with Crippen molar-refractivity contribution < 1.29 is 0 Å². The van der Waals surface area contributed by atoms with E-state index >= 15 is 0 Å². The first-order valence-corrected chi connectivity index (χ1v) is 7.86. The lowest BCUT2D eigenvalue weighted by molar-refractivity contribution is 1.14. The van der Waals surface area contributed by atoms with Crippen molar-refractivity contribution in [3.63, 3.8) is 0 Å². The molecule has 0 aliphatic carbocycles. The average molecular weight is 294 g/mol. The number of nitrogens with two attached hydrogens (primary N) is 1. The van der Waals surface area contributed by atoms with Crippen LogP contribution in [-0.4, -0.2) is 4.98 Å². The lowest BCUT2D eigenvalue weighted by atomic mass is 10.0. The van der Waals surface area contributed by atoms with Crippen LogP contribution in [0.25, 0.3) is 11.3 Å². The number of anilines is 1. The fourth-order valence-electron chi connectivity index (χ4n) is 2.43. The van der Waals surface area contributed by atoms with Gasteiger partial charge in [0.1, 0.15) is 0 Å². The zero-order valence-corrected chi connectivity index (χ0v) is 13.1. The van der Waals surface area contributed by atoms with E-state index in [0.29, 0.717) is 0 Å². The highest BCUT2D eigenvalue weighted by molar-refractivity contribution is 7.10. The van der Waals surface area contributed by atoms with Crippen LogP contribution in [0.5, 0.6) is 0 Å². The smallest absolute Gasteiger partial charge is 0.0976 e. The number of thiazole rings is 1. The summed E-state index contributed by atoms with van der Waals surface area (Å²) < 4.78 is 0. The normalized spacial score (nSPS) is 10.8. The van der Waals surface area contributed by atoms with Gasteiger partial charge in [-0.15, -0.1) is 11.3 Å². The van der Waals surface area contributed by atoms with E-state index in [4.69, 9.17) is 10.7 Å². The first-order valence-electron chi connectivity index (χ1n) is 6.98. The molecule has 106 valence electrons. The molecule has 0 saturated heterocycles. The Morgan fingerprint density at radius 1 is 1.05 bits per heavy atom. The molecule has 1 heterocycles. The first-order chi connectivity index (χ1) is 10.1. The molecule has 0 aliphatic rings. The third-order valence-corrected chi connectivity index (χ3v) is 4.39. The van der Waals surface area contributed by atoms with E-state index in [9.17, 15) is 0 Å². The van der Waals surface area contributed by atoms with Crippen LogP contribution in [0.1, 0.15) is 21.7 Å². The van der Waals surface area contributed by atoms with Crippen molar-refractivity contribution >= 4 is 17.0 Å². The largest absolute Gasteiger partial charge is 0.399 e. The molecule has 0 aliphatic heterocycles. The molecule has 1 aromatic heterocycles. The second-order valence-corrected chi connectivity index (χ2v) is 6.31.